The molecule has 0 bridgehead atoms. The highest BCUT2D eigenvalue weighted by Crippen LogP contribution is 2.28. The van der Waals surface area contributed by atoms with Crippen molar-refractivity contribution in [1.82, 2.24) is 9.78 Å². The summed E-state index contributed by atoms with van der Waals surface area (Å²) in [6, 6.07) is 5.50. The third-order valence-electron chi connectivity index (χ3n) is 2.66. The number of rotatable bonds is 4. The summed E-state index contributed by atoms with van der Waals surface area (Å²) in [4.78, 5) is 0. The number of hydrogen-bond acceptors (Lipinski definition) is 4. The van der Waals surface area contributed by atoms with Gasteiger partial charge in [0.1, 0.15) is 5.75 Å². The summed E-state index contributed by atoms with van der Waals surface area (Å²) in [6.45, 7) is 4.05. The average molecular weight is 339 g/mol. The van der Waals surface area contributed by atoms with Crippen LogP contribution in [0.5, 0.6) is 11.5 Å². The van der Waals surface area contributed by atoms with Crippen LogP contribution in [0.2, 0.25) is 0 Å². The second-order valence-corrected chi connectivity index (χ2v) is 5.39. The highest BCUT2D eigenvalue weighted by molar-refractivity contribution is 9.10. The van der Waals surface area contributed by atoms with E-state index in [1.165, 1.54) is 0 Å². The van der Waals surface area contributed by atoms with Gasteiger partial charge in [-0.2, -0.15) is 5.10 Å². The molecule has 1 aromatic heterocycles. The zero-order valence-electron chi connectivity index (χ0n) is 11.1. The first-order chi connectivity index (χ1) is 9.51. The SMILES string of the molecule is CC(C)n1cc(Oc2cc(Br)ccc2/C(N)=N/O)cn1. The second kappa shape index (κ2) is 5.96. The lowest BCUT2D eigenvalue weighted by atomic mass is 10.2. The molecule has 6 nitrogen and oxygen atoms in total. The summed E-state index contributed by atoms with van der Waals surface area (Å²) in [5, 5.41) is 16.0. The number of halogens is 1. The molecule has 0 spiro atoms. The number of nitrogens with zero attached hydrogens (tertiary/aromatic N) is 3. The molecule has 0 amide bonds. The Morgan fingerprint density at radius 3 is 2.85 bits per heavy atom. The van der Waals surface area contributed by atoms with Gasteiger partial charge in [0.15, 0.2) is 11.6 Å². The van der Waals surface area contributed by atoms with E-state index in [2.05, 4.69) is 26.2 Å². The molecule has 20 heavy (non-hydrogen) atoms. The van der Waals surface area contributed by atoms with Crippen LogP contribution in [-0.4, -0.2) is 20.8 Å². The molecule has 0 radical (unpaired) electrons. The molecule has 0 aliphatic heterocycles. The largest absolute Gasteiger partial charge is 0.453 e. The highest BCUT2D eigenvalue weighted by atomic mass is 79.9. The number of benzene rings is 1. The van der Waals surface area contributed by atoms with E-state index in [4.69, 9.17) is 15.7 Å². The van der Waals surface area contributed by atoms with Gasteiger partial charge < -0.3 is 15.7 Å². The average Bonchev–Trinajstić information content (AvgIpc) is 2.87. The Balaban J connectivity index is 2.34. The first kappa shape index (κ1) is 14.4. The van der Waals surface area contributed by atoms with Gasteiger partial charge in [-0.15, -0.1) is 0 Å². The molecule has 0 unspecified atom stereocenters. The van der Waals surface area contributed by atoms with E-state index in [-0.39, 0.29) is 11.9 Å². The summed E-state index contributed by atoms with van der Waals surface area (Å²) >= 11 is 3.37. The topological polar surface area (TPSA) is 85.7 Å². The quantitative estimate of drug-likeness (QED) is 0.388. The van der Waals surface area contributed by atoms with Gasteiger partial charge in [0.25, 0.3) is 0 Å². The molecule has 0 atom stereocenters. The van der Waals surface area contributed by atoms with E-state index in [9.17, 15) is 0 Å². The third kappa shape index (κ3) is 3.11. The highest BCUT2D eigenvalue weighted by Gasteiger charge is 2.11. The lowest BCUT2D eigenvalue weighted by molar-refractivity contribution is 0.318. The zero-order valence-corrected chi connectivity index (χ0v) is 12.7. The van der Waals surface area contributed by atoms with Crippen molar-refractivity contribution in [3.63, 3.8) is 0 Å². The molecule has 3 N–H and O–H groups in total. The van der Waals surface area contributed by atoms with Crippen LogP contribution in [0.15, 0.2) is 40.2 Å². The molecule has 7 heteroatoms. The van der Waals surface area contributed by atoms with Crippen molar-refractivity contribution in [3.8, 4) is 11.5 Å². The Kier molecular flexibility index (Phi) is 4.29. The number of nitrogens with two attached hydrogens (primary N) is 1. The van der Waals surface area contributed by atoms with Crippen LogP contribution in [-0.2, 0) is 0 Å². The van der Waals surface area contributed by atoms with Gasteiger partial charge in [0.05, 0.1) is 18.0 Å². The van der Waals surface area contributed by atoms with E-state index in [1.807, 2.05) is 13.8 Å². The Bertz CT molecular complexity index is 637. The van der Waals surface area contributed by atoms with Crippen LogP contribution in [0, 0.1) is 0 Å². The van der Waals surface area contributed by atoms with Crippen LogP contribution < -0.4 is 10.5 Å². The smallest absolute Gasteiger partial charge is 0.173 e. The van der Waals surface area contributed by atoms with Gasteiger partial charge in [-0.25, -0.2) is 0 Å². The van der Waals surface area contributed by atoms with Gasteiger partial charge in [-0.1, -0.05) is 21.1 Å². The predicted molar refractivity (Wildman–Crippen MR) is 79.3 cm³/mol. The normalized spacial score (nSPS) is 11.9. The lowest BCUT2D eigenvalue weighted by Gasteiger charge is -2.09. The molecule has 106 valence electrons. The van der Waals surface area contributed by atoms with Crippen molar-refractivity contribution in [2.75, 3.05) is 0 Å². The van der Waals surface area contributed by atoms with Gasteiger partial charge in [0, 0.05) is 10.5 Å². The maximum atomic E-state index is 8.80. The van der Waals surface area contributed by atoms with E-state index < -0.39 is 0 Å². The fourth-order valence-electron chi connectivity index (χ4n) is 1.63. The summed E-state index contributed by atoms with van der Waals surface area (Å²) < 4.78 is 8.38. The van der Waals surface area contributed by atoms with E-state index in [1.54, 1.807) is 35.3 Å². The van der Waals surface area contributed by atoms with Crippen molar-refractivity contribution >= 4 is 21.8 Å². The van der Waals surface area contributed by atoms with Crippen molar-refractivity contribution in [1.29, 1.82) is 0 Å². The number of aromatic nitrogens is 2. The summed E-state index contributed by atoms with van der Waals surface area (Å²) in [5.41, 5.74) is 6.14. The number of amidine groups is 1. The monoisotopic (exact) mass is 338 g/mol. The summed E-state index contributed by atoms with van der Waals surface area (Å²) in [5.74, 6) is 1.06. The molecule has 0 aliphatic carbocycles. The Morgan fingerprint density at radius 1 is 1.50 bits per heavy atom. The Hall–Kier alpha value is -2.02. The summed E-state index contributed by atoms with van der Waals surface area (Å²) in [6.07, 6.45) is 3.42. The second-order valence-electron chi connectivity index (χ2n) is 4.48. The molecular formula is C13H15BrN4O2. The molecular weight excluding hydrogens is 324 g/mol. The molecule has 1 heterocycles. The fourth-order valence-corrected chi connectivity index (χ4v) is 1.97. The van der Waals surface area contributed by atoms with Gasteiger partial charge in [-0.3, -0.25) is 4.68 Å². The van der Waals surface area contributed by atoms with Crippen molar-refractivity contribution in [2.45, 2.75) is 19.9 Å². The van der Waals surface area contributed by atoms with Crippen LogP contribution in [0.1, 0.15) is 25.5 Å². The molecule has 1 aromatic carbocycles. The minimum atomic E-state index is -0.0104. The molecule has 0 saturated heterocycles. The van der Waals surface area contributed by atoms with Crippen LogP contribution >= 0.6 is 15.9 Å². The molecule has 0 aliphatic rings. The van der Waals surface area contributed by atoms with E-state index in [0.29, 0.717) is 17.1 Å². The van der Waals surface area contributed by atoms with Gasteiger partial charge in [-0.05, 0) is 32.0 Å². The Labute approximate surface area is 125 Å². The number of hydrogen-bond donors (Lipinski definition) is 2. The van der Waals surface area contributed by atoms with Crippen molar-refractivity contribution in [3.05, 3.63) is 40.6 Å². The van der Waals surface area contributed by atoms with Crippen LogP contribution in [0.4, 0.5) is 0 Å². The minimum absolute atomic E-state index is 0.0104. The van der Waals surface area contributed by atoms with Crippen molar-refractivity contribution < 1.29 is 9.94 Å². The zero-order chi connectivity index (χ0) is 14.7. The van der Waals surface area contributed by atoms with Crippen molar-refractivity contribution in [2.24, 2.45) is 10.9 Å². The predicted octanol–water partition coefficient (Wildman–Crippen LogP) is 3.11. The maximum Gasteiger partial charge on any atom is 0.173 e. The number of ether oxygens (including phenoxy) is 1. The summed E-state index contributed by atoms with van der Waals surface area (Å²) in [7, 11) is 0. The fraction of sp³-hybridized carbons (Fsp3) is 0.231. The van der Waals surface area contributed by atoms with E-state index in [0.717, 1.165) is 4.47 Å². The van der Waals surface area contributed by atoms with Crippen LogP contribution in [0.3, 0.4) is 0 Å². The Morgan fingerprint density at radius 2 is 2.25 bits per heavy atom. The minimum Gasteiger partial charge on any atom is -0.453 e. The van der Waals surface area contributed by atoms with E-state index >= 15 is 0 Å². The molecule has 0 fully saturated rings. The maximum absolute atomic E-state index is 8.80. The lowest BCUT2D eigenvalue weighted by Crippen LogP contribution is -2.14. The molecule has 2 rings (SSSR count). The third-order valence-corrected chi connectivity index (χ3v) is 3.16. The molecule has 2 aromatic rings. The standard InChI is InChI=1S/C13H15BrN4O2/c1-8(2)18-7-10(6-16-18)20-12-5-9(14)3-4-11(12)13(15)17-19/h3-8,19H,1-2H3,(H2,15,17). The molecule has 0 saturated carbocycles. The van der Waals surface area contributed by atoms with Gasteiger partial charge >= 0.3 is 0 Å². The van der Waals surface area contributed by atoms with Gasteiger partial charge in [0.2, 0.25) is 0 Å². The number of oxime groups is 1. The first-order valence-corrected chi connectivity index (χ1v) is 6.80. The van der Waals surface area contributed by atoms with Crippen LogP contribution in [0.25, 0.3) is 0 Å². The first-order valence-electron chi connectivity index (χ1n) is 6.00.